The second kappa shape index (κ2) is 3.87. The van der Waals surface area contributed by atoms with Crippen LogP contribution in [-0.2, 0) is 9.53 Å². The minimum Gasteiger partial charge on any atom is -0.378 e. The molecule has 1 heterocycles. The summed E-state index contributed by atoms with van der Waals surface area (Å²) in [5, 5.41) is 3.01. The Balaban J connectivity index is 1.73. The Kier molecular flexibility index (Phi) is 2.74. The Labute approximate surface area is 84.2 Å². The zero-order valence-corrected chi connectivity index (χ0v) is 8.53. The number of amides is 1. The normalized spacial score (nSPS) is 41.9. The monoisotopic (exact) mass is 198 g/mol. The number of nitrogens with one attached hydrogen (secondary N) is 1. The number of ether oxygens (including phenoxy) is 1. The van der Waals surface area contributed by atoms with Crippen LogP contribution in [-0.4, -0.2) is 30.7 Å². The van der Waals surface area contributed by atoms with Crippen molar-refractivity contribution >= 4 is 5.91 Å². The highest BCUT2D eigenvalue weighted by atomic mass is 16.5. The number of hydrogen-bond donors (Lipinski definition) is 2. The van der Waals surface area contributed by atoms with Crippen molar-refractivity contribution in [2.24, 2.45) is 11.7 Å². The molecule has 0 spiro atoms. The number of carbonyl (C=O) groups is 1. The minimum atomic E-state index is 0.0572. The molecule has 1 amide bonds. The van der Waals surface area contributed by atoms with Gasteiger partial charge in [-0.1, -0.05) is 0 Å². The molecule has 80 valence electrons. The highest BCUT2D eigenvalue weighted by Crippen LogP contribution is 2.22. The summed E-state index contributed by atoms with van der Waals surface area (Å²) < 4.78 is 5.36. The molecule has 1 aliphatic heterocycles. The molecular weight excluding hydrogens is 180 g/mol. The highest BCUT2D eigenvalue weighted by Gasteiger charge is 2.32. The van der Waals surface area contributed by atoms with E-state index >= 15 is 0 Å². The molecule has 14 heavy (non-hydrogen) atoms. The lowest BCUT2D eigenvalue weighted by Gasteiger charge is -2.33. The van der Waals surface area contributed by atoms with Crippen LogP contribution in [0, 0.1) is 5.92 Å². The van der Waals surface area contributed by atoms with Crippen molar-refractivity contribution in [3.05, 3.63) is 0 Å². The van der Waals surface area contributed by atoms with E-state index in [2.05, 4.69) is 5.32 Å². The van der Waals surface area contributed by atoms with Gasteiger partial charge in [0, 0.05) is 12.1 Å². The fourth-order valence-electron chi connectivity index (χ4n) is 2.10. The molecule has 1 aliphatic carbocycles. The van der Waals surface area contributed by atoms with Gasteiger partial charge in [0.1, 0.15) is 0 Å². The van der Waals surface area contributed by atoms with Gasteiger partial charge in [-0.3, -0.25) is 4.79 Å². The molecule has 1 saturated heterocycles. The Morgan fingerprint density at radius 1 is 1.43 bits per heavy atom. The summed E-state index contributed by atoms with van der Waals surface area (Å²) in [4.78, 5) is 11.7. The molecule has 4 heteroatoms. The van der Waals surface area contributed by atoms with Crippen molar-refractivity contribution in [3.63, 3.8) is 0 Å². The van der Waals surface area contributed by atoms with Gasteiger partial charge in [-0.05, 0) is 26.2 Å². The van der Waals surface area contributed by atoms with Crippen LogP contribution in [0.4, 0.5) is 0 Å². The first-order valence-electron chi connectivity index (χ1n) is 5.32. The van der Waals surface area contributed by atoms with Crippen LogP contribution in [0.3, 0.4) is 0 Å². The Morgan fingerprint density at radius 2 is 2.14 bits per heavy atom. The van der Waals surface area contributed by atoms with Crippen LogP contribution in [0.25, 0.3) is 0 Å². The first-order valence-corrected chi connectivity index (χ1v) is 5.32. The predicted octanol–water partition coefficient (Wildman–Crippen LogP) is 0.0173. The first-order chi connectivity index (χ1) is 6.65. The van der Waals surface area contributed by atoms with Gasteiger partial charge in [0.15, 0.2) is 0 Å². The molecular formula is C10H18N2O2. The lowest BCUT2D eigenvalue weighted by atomic mass is 9.87. The third kappa shape index (κ3) is 2.07. The largest absolute Gasteiger partial charge is 0.378 e. The topological polar surface area (TPSA) is 64.4 Å². The van der Waals surface area contributed by atoms with E-state index < -0.39 is 0 Å². The molecule has 0 aromatic heterocycles. The van der Waals surface area contributed by atoms with Gasteiger partial charge in [-0.15, -0.1) is 0 Å². The molecule has 1 saturated carbocycles. The van der Waals surface area contributed by atoms with Gasteiger partial charge >= 0.3 is 0 Å². The summed E-state index contributed by atoms with van der Waals surface area (Å²) in [6.07, 6.45) is 2.93. The molecule has 2 unspecified atom stereocenters. The van der Waals surface area contributed by atoms with E-state index in [9.17, 15) is 4.79 Å². The number of carbonyl (C=O) groups excluding carboxylic acids is 1. The summed E-state index contributed by atoms with van der Waals surface area (Å²) in [5.41, 5.74) is 5.64. The molecule has 2 fully saturated rings. The summed E-state index contributed by atoms with van der Waals surface area (Å²) in [6.45, 7) is 2.58. The minimum absolute atomic E-state index is 0.0572. The summed E-state index contributed by atoms with van der Waals surface area (Å²) in [6, 6.07) is 0.604. The number of hydrogen-bond acceptors (Lipinski definition) is 3. The van der Waals surface area contributed by atoms with E-state index in [1.807, 2.05) is 6.92 Å². The van der Waals surface area contributed by atoms with Gasteiger partial charge in [0.2, 0.25) is 5.91 Å². The van der Waals surface area contributed by atoms with E-state index in [4.69, 9.17) is 10.5 Å². The van der Waals surface area contributed by atoms with E-state index in [-0.39, 0.29) is 17.9 Å². The molecule has 2 rings (SSSR count). The third-order valence-electron chi connectivity index (χ3n) is 3.09. The van der Waals surface area contributed by atoms with Crippen molar-refractivity contribution in [3.8, 4) is 0 Å². The van der Waals surface area contributed by atoms with Crippen molar-refractivity contribution in [2.75, 3.05) is 6.61 Å². The average molecular weight is 198 g/mol. The molecule has 0 aromatic rings. The van der Waals surface area contributed by atoms with Gasteiger partial charge < -0.3 is 15.8 Å². The molecule has 0 bridgehead atoms. The van der Waals surface area contributed by atoms with Crippen molar-refractivity contribution < 1.29 is 9.53 Å². The molecule has 2 atom stereocenters. The first kappa shape index (κ1) is 9.93. The van der Waals surface area contributed by atoms with E-state index in [1.54, 1.807) is 0 Å². The molecule has 4 nitrogen and oxygen atoms in total. The lowest BCUT2D eigenvalue weighted by molar-refractivity contribution is -0.126. The Morgan fingerprint density at radius 3 is 2.64 bits per heavy atom. The van der Waals surface area contributed by atoms with Crippen LogP contribution in [0.2, 0.25) is 0 Å². The van der Waals surface area contributed by atoms with Crippen LogP contribution in [0.15, 0.2) is 0 Å². The van der Waals surface area contributed by atoms with Crippen molar-refractivity contribution in [1.82, 2.24) is 5.32 Å². The Hall–Kier alpha value is -0.610. The third-order valence-corrected chi connectivity index (χ3v) is 3.09. The van der Waals surface area contributed by atoms with E-state index in [0.717, 1.165) is 19.3 Å². The molecule has 3 N–H and O–H groups in total. The van der Waals surface area contributed by atoms with Gasteiger partial charge in [-0.2, -0.15) is 0 Å². The maximum absolute atomic E-state index is 11.7. The average Bonchev–Trinajstić information content (AvgIpc) is 2.49. The number of nitrogens with two attached hydrogens (primary N) is 1. The van der Waals surface area contributed by atoms with Crippen LogP contribution >= 0.6 is 0 Å². The summed E-state index contributed by atoms with van der Waals surface area (Å²) in [5.74, 6) is 0.202. The predicted molar refractivity (Wildman–Crippen MR) is 52.7 cm³/mol. The van der Waals surface area contributed by atoms with Crippen molar-refractivity contribution in [2.45, 2.75) is 44.4 Å². The fraction of sp³-hybridized carbons (Fsp3) is 0.900. The lowest BCUT2D eigenvalue weighted by Crippen LogP contribution is -2.51. The van der Waals surface area contributed by atoms with Gasteiger partial charge in [0.25, 0.3) is 0 Å². The zero-order chi connectivity index (χ0) is 10.1. The van der Waals surface area contributed by atoms with Crippen LogP contribution < -0.4 is 11.1 Å². The maximum Gasteiger partial charge on any atom is 0.225 e. The zero-order valence-electron chi connectivity index (χ0n) is 8.53. The van der Waals surface area contributed by atoms with Crippen LogP contribution in [0.1, 0.15) is 26.2 Å². The quantitative estimate of drug-likeness (QED) is 0.657. The molecule has 0 radical (unpaired) electrons. The van der Waals surface area contributed by atoms with Crippen molar-refractivity contribution in [1.29, 1.82) is 0 Å². The fourth-order valence-corrected chi connectivity index (χ4v) is 2.10. The SMILES string of the molecule is CC1CC(C(=O)NC2CC(N)C2)CO1. The second-order valence-electron chi connectivity index (χ2n) is 4.51. The molecule has 0 aromatic carbocycles. The van der Waals surface area contributed by atoms with Gasteiger partial charge in [0.05, 0.1) is 18.6 Å². The second-order valence-corrected chi connectivity index (χ2v) is 4.51. The summed E-state index contributed by atoms with van der Waals surface area (Å²) in [7, 11) is 0. The highest BCUT2D eigenvalue weighted by molar-refractivity contribution is 5.79. The van der Waals surface area contributed by atoms with Crippen LogP contribution in [0.5, 0.6) is 0 Å². The smallest absolute Gasteiger partial charge is 0.225 e. The maximum atomic E-state index is 11.7. The van der Waals surface area contributed by atoms with Gasteiger partial charge in [-0.25, -0.2) is 0 Å². The summed E-state index contributed by atoms with van der Waals surface area (Å²) >= 11 is 0. The molecule has 2 aliphatic rings. The standard InChI is InChI=1S/C10H18N2O2/c1-6-2-7(5-14-6)10(13)12-9-3-8(11)4-9/h6-9H,2-5,11H2,1H3,(H,12,13). The Bertz CT molecular complexity index is 226. The van der Waals surface area contributed by atoms with E-state index in [0.29, 0.717) is 18.7 Å². The van der Waals surface area contributed by atoms with E-state index in [1.165, 1.54) is 0 Å². The number of rotatable bonds is 2.